The zero-order chi connectivity index (χ0) is 67.9. The molecule has 12 aromatic heterocycles. The van der Waals surface area contributed by atoms with E-state index in [0.717, 1.165) is 160 Å². The van der Waals surface area contributed by atoms with Crippen molar-refractivity contribution < 1.29 is 35.9 Å². The van der Waals surface area contributed by atoms with Gasteiger partial charge in [-0.1, -0.05) is 97.1 Å². The van der Waals surface area contributed by atoms with Gasteiger partial charge in [0.15, 0.2) is 41.5 Å². The maximum Gasteiger partial charge on any atom is 0.227 e. The quantitative estimate of drug-likeness (QED) is 0.160. The molecule has 12 heteroatoms. The second-order valence-corrected chi connectivity index (χ2v) is 25.9. The first-order valence-corrected chi connectivity index (χ1v) is 33.5. The third kappa shape index (κ3) is 10.6. The maximum atomic E-state index is 6.33. The molecule has 0 N–H and O–H groups in total. The summed E-state index contributed by atoms with van der Waals surface area (Å²) in [4.78, 5) is 18.5. The van der Waals surface area contributed by atoms with Gasteiger partial charge in [0.25, 0.3) is 0 Å². The van der Waals surface area contributed by atoms with Crippen LogP contribution in [0.25, 0.3) is 176 Å². The van der Waals surface area contributed by atoms with Gasteiger partial charge in [0, 0.05) is 122 Å². The first-order chi connectivity index (χ1) is 48.9. The fraction of sp³-hybridized carbons (Fsp3) is 0.0909. The van der Waals surface area contributed by atoms with Crippen molar-refractivity contribution in [3.05, 3.63) is 290 Å². The Labute approximate surface area is 575 Å². The van der Waals surface area contributed by atoms with Crippen molar-refractivity contribution in [1.82, 2.24) is 19.9 Å². The highest BCUT2D eigenvalue weighted by molar-refractivity contribution is 6.16. The minimum Gasteiger partial charge on any atom is -0.455 e. The maximum absolute atomic E-state index is 6.33. The van der Waals surface area contributed by atoms with Gasteiger partial charge in [0.2, 0.25) is 28.5 Å². The van der Waals surface area contributed by atoms with Crippen LogP contribution in [0.4, 0.5) is 0 Å². The number of nitrogens with zero attached hydrogens (tertiary/aromatic N) is 8. The predicted octanol–water partition coefficient (Wildman–Crippen LogP) is 19.7. The Morgan fingerprint density at radius 3 is 1.30 bits per heavy atom. The number of rotatable bonds is 4. The SMILES string of the molecule is Cc1ccc2c(oc3cc4ncccc4cc32)c1-c1cccc[n+]1C.Cc1ccc2c(oc3nc4ccccc4cc32)c1-c1cccc[n+]1C.Cc1cnc2c(oc3cc4ccccc4cc32)c1-c1cccc[n+]1C.Cc1ncc2c(oc3cc4ccccc4cc32)c1-c1cccc[n+]1C. The summed E-state index contributed by atoms with van der Waals surface area (Å²) in [7, 11) is 8.22. The highest BCUT2D eigenvalue weighted by Gasteiger charge is 2.26. The third-order valence-corrected chi connectivity index (χ3v) is 19.5. The number of pyridine rings is 8. The molecule has 0 aliphatic heterocycles. The Balaban J connectivity index is 0.0000000997. The molecule has 0 unspecified atom stereocenters. The molecular formula is C88H68N8O4+4. The molecule has 8 aromatic carbocycles. The summed E-state index contributed by atoms with van der Waals surface area (Å²) in [5.41, 5.74) is 23.2. The fourth-order valence-electron chi connectivity index (χ4n) is 14.3. The van der Waals surface area contributed by atoms with Crippen LogP contribution in [0.3, 0.4) is 0 Å². The van der Waals surface area contributed by atoms with Crippen LogP contribution in [0.5, 0.6) is 0 Å². The van der Waals surface area contributed by atoms with E-state index in [0.29, 0.717) is 5.71 Å². The number of aryl methyl sites for hydroxylation is 8. The van der Waals surface area contributed by atoms with Crippen molar-refractivity contribution >= 4 is 131 Å². The van der Waals surface area contributed by atoms with Crippen LogP contribution in [-0.2, 0) is 28.2 Å². The lowest BCUT2D eigenvalue weighted by Gasteiger charge is -2.04. The summed E-state index contributed by atoms with van der Waals surface area (Å²) in [6.45, 7) is 8.37. The predicted molar refractivity (Wildman–Crippen MR) is 401 cm³/mol. The zero-order valence-electron chi connectivity index (χ0n) is 56.6. The second kappa shape index (κ2) is 24.7. The van der Waals surface area contributed by atoms with Crippen LogP contribution in [0.15, 0.2) is 286 Å². The zero-order valence-corrected chi connectivity index (χ0v) is 56.6. The molecule has 20 rings (SSSR count). The smallest absolute Gasteiger partial charge is 0.227 e. The minimum absolute atomic E-state index is 0.694. The first kappa shape index (κ1) is 60.8. The summed E-state index contributed by atoms with van der Waals surface area (Å²) in [6, 6.07) is 77.4. The molecule has 0 saturated heterocycles. The fourth-order valence-corrected chi connectivity index (χ4v) is 14.3. The lowest BCUT2D eigenvalue weighted by molar-refractivity contribution is -0.660. The largest absolute Gasteiger partial charge is 0.455 e. The van der Waals surface area contributed by atoms with Gasteiger partial charge in [-0.15, -0.1) is 0 Å². The minimum atomic E-state index is 0.694. The van der Waals surface area contributed by atoms with Crippen molar-refractivity contribution in [3.8, 4) is 45.0 Å². The Kier molecular flexibility index (Phi) is 15.0. The molecule has 0 aliphatic rings. The van der Waals surface area contributed by atoms with Gasteiger partial charge in [-0.3, -0.25) is 15.0 Å². The van der Waals surface area contributed by atoms with E-state index in [1.54, 1.807) is 0 Å². The molecule has 0 saturated carbocycles. The molecule has 0 aliphatic carbocycles. The average Bonchev–Trinajstić information content (AvgIpc) is 1.60. The molecule has 12 heterocycles. The number of fused-ring (bicyclic) bond motifs is 16. The van der Waals surface area contributed by atoms with E-state index in [9.17, 15) is 0 Å². The van der Waals surface area contributed by atoms with Crippen LogP contribution in [0.1, 0.15) is 22.4 Å². The summed E-state index contributed by atoms with van der Waals surface area (Å²) >= 11 is 0. The molecule has 0 spiro atoms. The van der Waals surface area contributed by atoms with Crippen molar-refractivity contribution in [2.24, 2.45) is 28.2 Å². The van der Waals surface area contributed by atoms with Crippen molar-refractivity contribution in [1.29, 1.82) is 0 Å². The number of furan rings is 4. The lowest BCUT2D eigenvalue weighted by Crippen LogP contribution is -2.30. The molecule has 20 aromatic rings. The summed E-state index contributed by atoms with van der Waals surface area (Å²) in [5.74, 6) is 0. The Hall–Kier alpha value is -12.8. The lowest BCUT2D eigenvalue weighted by atomic mass is 10.0. The Bertz CT molecular complexity index is 5870. The highest BCUT2D eigenvalue weighted by Crippen LogP contribution is 2.42. The highest BCUT2D eigenvalue weighted by atomic mass is 16.3. The monoisotopic (exact) mass is 1300 g/mol. The third-order valence-electron chi connectivity index (χ3n) is 19.5. The van der Waals surface area contributed by atoms with E-state index >= 15 is 0 Å². The van der Waals surface area contributed by atoms with Crippen LogP contribution < -0.4 is 18.3 Å². The molecule has 0 bridgehead atoms. The van der Waals surface area contributed by atoms with Gasteiger partial charge in [-0.25, -0.2) is 23.3 Å². The summed E-state index contributed by atoms with van der Waals surface area (Å²) in [5, 5.41) is 14.7. The average molecular weight is 1300 g/mol. The Morgan fingerprint density at radius 2 is 0.710 bits per heavy atom. The van der Waals surface area contributed by atoms with E-state index in [2.05, 4.69) is 258 Å². The second-order valence-electron chi connectivity index (χ2n) is 25.9. The van der Waals surface area contributed by atoms with Gasteiger partial charge in [-0.05, 0) is 139 Å². The standard InChI is InChI=1S/4C22H17N2O/c1-14-8-9-16-17-12-15-6-5-10-23-18(15)13-20(17)25-22(16)21(14)19-7-3-4-11-24(19)2;1-14-10-11-16-17-13-15-7-3-4-8-18(15)23-22(17)25-21(16)20(14)19-9-5-6-12-24(19)2;1-14-21(19-9-5-6-10-24(19)2)22-18(13-23-14)17-11-15-7-3-4-8-16(15)12-20(17)25-22;1-14-13-23-21-17-11-15-7-3-4-8-16(15)12-19(17)25-22(21)20(14)18-9-5-6-10-24(18)2/h4*3-13H,1-2H3/q4*+1. The molecule has 12 nitrogen and oxygen atoms in total. The molecule has 100 heavy (non-hydrogen) atoms. The molecule has 0 radical (unpaired) electrons. The molecule has 480 valence electrons. The number of hydrogen-bond donors (Lipinski definition) is 0. The first-order valence-electron chi connectivity index (χ1n) is 33.5. The van der Waals surface area contributed by atoms with Crippen molar-refractivity contribution in [2.75, 3.05) is 0 Å². The summed E-state index contributed by atoms with van der Waals surface area (Å²) < 4.78 is 33.7. The van der Waals surface area contributed by atoms with Crippen LogP contribution >= 0.6 is 0 Å². The summed E-state index contributed by atoms with van der Waals surface area (Å²) in [6.07, 6.45) is 13.9. The van der Waals surface area contributed by atoms with Gasteiger partial charge in [0.05, 0.1) is 33.4 Å². The van der Waals surface area contributed by atoms with Gasteiger partial charge in [-0.2, -0.15) is 0 Å². The van der Waals surface area contributed by atoms with Gasteiger partial charge in [0.1, 0.15) is 61.6 Å². The van der Waals surface area contributed by atoms with Crippen LogP contribution in [0.2, 0.25) is 0 Å². The van der Waals surface area contributed by atoms with E-state index < -0.39 is 0 Å². The van der Waals surface area contributed by atoms with Crippen molar-refractivity contribution in [2.45, 2.75) is 27.7 Å². The normalized spacial score (nSPS) is 11.6. The number of benzene rings is 8. The number of para-hydroxylation sites is 1. The number of aromatic nitrogens is 8. The van der Waals surface area contributed by atoms with E-state index in [1.165, 1.54) is 32.7 Å². The topological polar surface area (TPSA) is 120 Å². The van der Waals surface area contributed by atoms with Crippen LogP contribution in [-0.4, -0.2) is 19.9 Å². The molecule has 0 amide bonds. The van der Waals surface area contributed by atoms with Gasteiger partial charge >= 0.3 is 0 Å². The van der Waals surface area contributed by atoms with E-state index in [1.807, 2.05) is 99.4 Å². The molecule has 0 atom stereocenters. The van der Waals surface area contributed by atoms with E-state index in [4.69, 9.17) is 22.7 Å². The molecular weight excluding hydrogens is 1230 g/mol. The van der Waals surface area contributed by atoms with Crippen LogP contribution in [0, 0.1) is 27.7 Å². The molecule has 0 fully saturated rings. The van der Waals surface area contributed by atoms with Crippen molar-refractivity contribution in [3.63, 3.8) is 0 Å². The Morgan fingerprint density at radius 1 is 0.290 bits per heavy atom. The van der Waals surface area contributed by atoms with Gasteiger partial charge < -0.3 is 17.7 Å². The van der Waals surface area contributed by atoms with E-state index in [-0.39, 0.29) is 0 Å². The number of hydrogen-bond acceptors (Lipinski definition) is 8.